The molecular formula is C17H23N3. The van der Waals surface area contributed by atoms with E-state index in [1.54, 1.807) is 0 Å². The molecule has 0 aliphatic heterocycles. The van der Waals surface area contributed by atoms with Gasteiger partial charge in [0.05, 0.1) is 6.20 Å². The van der Waals surface area contributed by atoms with E-state index >= 15 is 0 Å². The second-order valence-electron chi connectivity index (χ2n) is 5.77. The first-order chi connectivity index (χ1) is 9.93. The van der Waals surface area contributed by atoms with Crippen molar-refractivity contribution in [1.82, 2.24) is 15.5 Å². The largest absolute Gasteiger partial charge is 0.305 e. The predicted octanol–water partition coefficient (Wildman–Crippen LogP) is 3.82. The van der Waals surface area contributed by atoms with Crippen molar-refractivity contribution in [2.45, 2.75) is 44.7 Å². The van der Waals surface area contributed by atoms with Crippen molar-refractivity contribution < 1.29 is 0 Å². The van der Waals surface area contributed by atoms with Crippen molar-refractivity contribution in [2.75, 3.05) is 0 Å². The van der Waals surface area contributed by atoms with Crippen LogP contribution in [-0.4, -0.2) is 10.2 Å². The summed E-state index contributed by atoms with van der Waals surface area (Å²) < 4.78 is 0. The van der Waals surface area contributed by atoms with Crippen molar-refractivity contribution in [1.29, 1.82) is 0 Å². The number of H-pyrrole nitrogens is 1. The zero-order chi connectivity index (χ0) is 13.6. The topological polar surface area (TPSA) is 40.7 Å². The van der Waals surface area contributed by atoms with Crippen molar-refractivity contribution in [3.63, 3.8) is 0 Å². The first-order valence-corrected chi connectivity index (χ1v) is 7.69. The Morgan fingerprint density at radius 2 is 1.95 bits per heavy atom. The molecule has 3 heteroatoms. The van der Waals surface area contributed by atoms with Crippen LogP contribution in [0.5, 0.6) is 0 Å². The quantitative estimate of drug-likeness (QED) is 0.866. The van der Waals surface area contributed by atoms with Gasteiger partial charge in [-0.15, -0.1) is 0 Å². The minimum absolute atomic E-state index is 0.464. The highest BCUT2D eigenvalue weighted by molar-refractivity contribution is 5.20. The van der Waals surface area contributed by atoms with Crippen molar-refractivity contribution in [3.05, 3.63) is 53.9 Å². The third-order valence-electron chi connectivity index (χ3n) is 4.36. The first-order valence-electron chi connectivity index (χ1n) is 7.69. The van der Waals surface area contributed by atoms with Gasteiger partial charge in [0, 0.05) is 24.3 Å². The van der Waals surface area contributed by atoms with E-state index in [1.165, 1.54) is 43.2 Å². The zero-order valence-corrected chi connectivity index (χ0v) is 11.9. The Balaban J connectivity index is 1.72. The number of hydrogen-bond acceptors (Lipinski definition) is 2. The Morgan fingerprint density at radius 3 is 2.65 bits per heavy atom. The fourth-order valence-corrected chi connectivity index (χ4v) is 3.29. The molecule has 106 valence electrons. The molecule has 20 heavy (non-hydrogen) atoms. The van der Waals surface area contributed by atoms with E-state index in [4.69, 9.17) is 0 Å². The van der Waals surface area contributed by atoms with Crippen LogP contribution in [0.4, 0.5) is 0 Å². The molecule has 0 radical (unpaired) electrons. The minimum Gasteiger partial charge on any atom is -0.305 e. The summed E-state index contributed by atoms with van der Waals surface area (Å²) in [4.78, 5) is 0. The highest BCUT2D eigenvalue weighted by Crippen LogP contribution is 2.34. The Labute approximate surface area is 120 Å². The van der Waals surface area contributed by atoms with E-state index in [2.05, 4.69) is 45.8 Å². The number of nitrogens with one attached hydrogen (secondary N) is 2. The average Bonchev–Trinajstić information content (AvgIpc) is 3.03. The Morgan fingerprint density at radius 1 is 1.15 bits per heavy atom. The molecule has 3 nitrogen and oxygen atoms in total. The molecule has 1 fully saturated rings. The van der Waals surface area contributed by atoms with Gasteiger partial charge in [-0.05, 0) is 24.3 Å². The van der Waals surface area contributed by atoms with E-state index in [0.29, 0.717) is 6.04 Å². The fourth-order valence-electron chi connectivity index (χ4n) is 3.29. The average molecular weight is 269 g/mol. The standard InChI is InChI=1S/C17H23N3/c1-3-7-15(8-4-1)17(16-9-5-2-6-10-16)18-11-14-12-19-20-13-14/h1,3-4,7-8,12-13,16-18H,2,5-6,9-11H2,(H,19,20). The molecular weight excluding hydrogens is 246 g/mol. The summed E-state index contributed by atoms with van der Waals surface area (Å²) in [5.74, 6) is 0.762. The minimum atomic E-state index is 0.464. The van der Waals surface area contributed by atoms with E-state index in [-0.39, 0.29) is 0 Å². The molecule has 1 atom stereocenters. The third kappa shape index (κ3) is 3.28. The summed E-state index contributed by atoms with van der Waals surface area (Å²) in [7, 11) is 0. The molecule has 1 saturated carbocycles. The summed E-state index contributed by atoms with van der Waals surface area (Å²) in [5.41, 5.74) is 2.64. The molecule has 2 N–H and O–H groups in total. The lowest BCUT2D eigenvalue weighted by Crippen LogP contribution is -2.29. The van der Waals surface area contributed by atoms with Crippen LogP contribution in [0.3, 0.4) is 0 Å². The molecule has 0 amide bonds. The second-order valence-corrected chi connectivity index (χ2v) is 5.77. The Kier molecular flexibility index (Phi) is 4.49. The normalized spacial score (nSPS) is 18.0. The van der Waals surface area contributed by atoms with Crippen LogP contribution in [0.2, 0.25) is 0 Å². The van der Waals surface area contributed by atoms with Gasteiger partial charge in [-0.25, -0.2) is 0 Å². The summed E-state index contributed by atoms with van der Waals surface area (Å²) >= 11 is 0. The predicted molar refractivity (Wildman–Crippen MR) is 81.2 cm³/mol. The maximum absolute atomic E-state index is 4.02. The molecule has 1 aromatic carbocycles. The summed E-state index contributed by atoms with van der Waals surface area (Å²) in [6.45, 7) is 0.882. The lowest BCUT2D eigenvalue weighted by molar-refractivity contribution is 0.270. The number of nitrogens with zero attached hydrogens (tertiary/aromatic N) is 1. The maximum Gasteiger partial charge on any atom is 0.0532 e. The third-order valence-corrected chi connectivity index (χ3v) is 4.36. The van der Waals surface area contributed by atoms with Crippen molar-refractivity contribution in [3.8, 4) is 0 Å². The second kappa shape index (κ2) is 6.71. The van der Waals surface area contributed by atoms with E-state index < -0.39 is 0 Å². The van der Waals surface area contributed by atoms with Crippen LogP contribution >= 0.6 is 0 Å². The molecule has 3 rings (SSSR count). The van der Waals surface area contributed by atoms with Crippen LogP contribution in [0.15, 0.2) is 42.7 Å². The number of aromatic nitrogens is 2. The fraction of sp³-hybridized carbons (Fsp3) is 0.471. The molecule has 0 saturated heterocycles. The van der Waals surface area contributed by atoms with Gasteiger partial charge in [-0.1, -0.05) is 49.6 Å². The Hall–Kier alpha value is -1.61. The molecule has 1 aliphatic carbocycles. The maximum atomic E-state index is 4.02. The van der Waals surface area contributed by atoms with Crippen LogP contribution in [0, 0.1) is 5.92 Å². The van der Waals surface area contributed by atoms with E-state index in [1.807, 2.05) is 12.4 Å². The Bertz CT molecular complexity index is 486. The monoisotopic (exact) mass is 269 g/mol. The van der Waals surface area contributed by atoms with Gasteiger partial charge in [-0.2, -0.15) is 5.10 Å². The number of rotatable bonds is 5. The molecule has 0 spiro atoms. The molecule has 1 aliphatic rings. The van der Waals surface area contributed by atoms with Gasteiger partial charge in [0.15, 0.2) is 0 Å². The van der Waals surface area contributed by atoms with Crippen molar-refractivity contribution >= 4 is 0 Å². The first kappa shape index (κ1) is 13.4. The van der Waals surface area contributed by atoms with Gasteiger partial charge in [-0.3, -0.25) is 5.10 Å². The van der Waals surface area contributed by atoms with Crippen LogP contribution in [0.25, 0.3) is 0 Å². The van der Waals surface area contributed by atoms with Crippen molar-refractivity contribution in [2.24, 2.45) is 5.92 Å². The van der Waals surface area contributed by atoms with Gasteiger partial charge in [0.2, 0.25) is 0 Å². The lowest BCUT2D eigenvalue weighted by Gasteiger charge is -2.31. The molecule has 0 bridgehead atoms. The lowest BCUT2D eigenvalue weighted by atomic mass is 9.81. The van der Waals surface area contributed by atoms with E-state index in [9.17, 15) is 0 Å². The van der Waals surface area contributed by atoms with Gasteiger partial charge in [0.1, 0.15) is 0 Å². The number of aromatic amines is 1. The molecule has 2 aromatic rings. The van der Waals surface area contributed by atoms with Crippen LogP contribution < -0.4 is 5.32 Å². The van der Waals surface area contributed by atoms with Gasteiger partial charge in [0.25, 0.3) is 0 Å². The van der Waals surface area contributed by atoms with Gasteiger partial charge >= 0.3 is 0 Å². The zero-order valence-electron chi connectivity index (χ0n) is 11.9. The highest BCUT2D eigenvalue weighted by Gasteiger charge is 2.24. The summed E-state index contributed by atoms with van der Waals surface area (Å²) in [6.07, 6.45) is 10.7. The van der Waals surface area contributed by atoms with Crippen LogP contribution in [0.1, 0.15) is 49.3 Å². The van der Waals surface area contributed by atoms with E-state index in [0.717, 1.165) is 12.5 Å². The molecule has 1 aromatic heterocycles. The molecule has 1 unspecified atom stereocenters. The van der Waals surface area contributed by atoms with Gasteiger partial charge < -0.3 is 5.32 Å². The molecule has 1 heterocycles. The highest BCUT2D eigenvalue weighted by atomic mass is 15.1. The smallest absolute Gasteiger partial charge is 0.0532 e. The SMILES string of the molecule is c1ccc(C(NCc2cn[nH]c2)C2CCCCC2)cc1. The number of benzene rings is 1. The van der Waals surface area contributed by atoms with Crippen LogP contribution in [-0.2, 0) is 6.54 Å². The summed E-state index contributed by atoms with van der Waals surface area (Å²) in [6, 6.07) is 11.3. The number of hydrogen-bond donors (Lipinski definition) is 2. The summed E-state index contributed by atoms with van der Waals surface area (Å²) in [5, 5.41) is 10.7.